The zero-order chi connectivity index (χ0) is 16.6. The van der Waals surface area contributed by atoms with E-state index in [9.17, 15) is 4.79 Å². The minimum absolute atomic E-state index is 0.347. The zero-order valence-corrected chi connectivity index (χ0v) is 14.1. The maximum Gasteiger partial charge on any atom is 0.336 e. The van der Waals surface area contributed by atoms with E-state index >= 15 is 0 Å². The SMILES string of the molecule is Cc1cc2oc(=O)cc(C[n+]3ccc(N(C)C)cc3)c2cc1Cl. The largest absolute Gasteiger partial charge is 0.423 e. The second-order valence-corrected chi connectivity index (χ2v) is 6.22. The predicted octanol–water partition coefficient (Wildman–Crippen LogP) is 3.16. The van der Waals surface area contributed by atoms with Gasteiger partial charge in [-0.05, 0) is 24.6 Å². The summed E-state index contributed by atoms with van der Waals surface area (Å²) in [5, 5.41) is 1.53. The van der Waals surface area contributed by atoms with Gasteiger partial charge in [-0.25, -0.2) is 9.36 Å². The topological polar surface area (TPSA) is 37.3 Å². The number of benzene rings is 1. The minimum atomic E-state index is -0.347. The summed E-state index contributed by atoms with van der Waals surface area (Å²) >= 11 is 6.23. The van der Waals surface area contributed by atoms with Crippen LogP contribution in [0.4, 0.5) is 5.69 Å². The molecule has 0 aliphatic carbocycles. The van der Waals surface area contributed by atoms with E-state index in [4.69, 9.17) is 16.0 Å². The Morgan fingerprint density at radius 2 is 1.87 bits per heavy atom. The fourth-order valence-electron chi connectivity index (χ4n) is 2.53. The van der Waals surface area contributed by atoms with E-state index in [0.717, 1.165) is 22.2 Å². The Balaban J connectivity index is 2.05. The van der Waals surface area contributed by atoms with Crippen molar-refractivity contribution in [3.8, 4) is 0 Å². The minimum Gasteiger partial charge on any atom is -0.423 e. The monoisotopic (exact) mass is 329 g/mol. The molecule has 3 rings (SSSR count). The number of nitrogens with zero attached hydrogens (tertiary/aromatic N) is 2. The summed E-state index contributed by atoms with van der Waals surface area (Å²) < 4.78 is 7.32. The number of fused-ring (bicyclic) bond motifs is 1. The normalized spacial score (nSPS) is 11.0. The summed E-state index contributed by atoms with van der Waals surface area (Å²) in [7, 11) is 4.00. The molecule has 4 nitrogen and oxygen atoms in total. The van der Waals surface area contributed by atoms with Crippen molar-refractivity contribution in [2.75, 3.05) is 19.0 Å². The molecule has 0 radical (unpaired) electrons. The molecule has 0 saturated heterocycles. The van der Waals surface area contributed by atoms with Gasteiger partial charge in [0.1, 0.15) is 5.58 Å². The molecule has 0 fully saturated rings. The third-order valence-corrected chi connectivity index (χ3v) is 4.26. The van der Waals surface area contributed by atoms with Gasteiger partial charge in [-0.15, -0.1) is 0 Å². The van der Waals surface area contributed by atoms with Gasteiger partial charge < -0.3 is 9.32 Å². The summed E-state index contributed by atoms with van der Waals surface area (Å²) in [6, 6.07) is 9.26. The Kier molecular flexibility index (Phi) is 4.09. The van der Waals surface area contributed by atoms with Gasteiger partial charge in [-0.2, -0.15) is 0 Å². The van der Waals surface area contributed by atoms with Gasteiger partial charge in [0.05, 0.1) is 0 Å². The Morgan fingerprint density at radius 1 is 1.17 bits per heavy atom. The van der Waals surface area contributed by atoms with Gasteiger partial charge in [0, 0.05) is 54.0 Å². The van der Waals surface area contributed by atoms with Crippen molar-refractivity contribution >= 4 is 28.3 Å². The van der Waals surface area contributed by atoms with E-state index < -0.39 is 0 Å². The maximum absolute atomic E-state index is 11.8. The molecule has 2 heterocycles. The zero-order valence-electron chi connectivity index (χ0n) is 13.3. The van der Waals surface area contributed by atoms with Crippen LogP contribution in [0, 0.1) is 6.92 Å². The third-order valence-electron chi connectivity index (χ3n) is 3.85. The van der Waals surface area contributed by atoms with Gasteiger partial charge >= 0.3 is 5.63 Å². The van der Waals surface area contributed by atoms with Gasteiger partial charge in [0.25, 0.3) is 0 Å². The third kappa shape index (κ3) is 3.22. The number of aromatic nitrogens is 1. The first-order valence-electron chi connectivity index (χ1n) is 7.33. The molecule has 0 saturated carbocycles. The number of halogens is 1. The predicted molar refractivity (Wildman–Crippen MR) is 92.3 cm³/mol. The highest BCUT2D eigenvalue weighted by Gasteiger charge is 2.12. The van der Waals surface area contributed by atoms with Crippen molar-refractivity contribution in [3.05, 3.63) is 69.3 Å². The Bertz CT molecular complexity index is 915. The van der Waals surface area contributed by atoms with E-state index in [2.05, 4.69) is 0 Å². The molecule has 3 aromatic rings. The lowest BCUT2D eigenvalue weighted by Crippen LogP contribution is -2.34. The van der Waals surface area contributed by atoms with Crippen molar-refractivity contribution in [2.24, 2.45) is 0 Å². The fourth-order valence-corrected chi connectivity index (χ4v) is 2.69. The number of rotatable bonds is 3. The summed E-state index contributed by atoms with van der Waals surface area (Å²) in [6.07, 6.45) is 3.98. The molecule has 0 spiro atoms. The molecular weight excluding hydrogens is 312 g/mol. The fraction of sp³-hybridized carbons (Fsp3) is 0.222. The molecule has 118 valence electrons. The summed E-state index contributed by atoms with van der Waals surface area (Å²) in [6.45, 7) is 2.47. The van der Waals surface area contributed by atoms with E-state index in [-0.39, 0.29) is 5.63 Å². The lowest BCUT2D eigenvalue weighted by molar-refractivity contribution is -0.688. The van der Waals surface area contributed by atoms with Crippen LogP contribution in [-0.2, 0) is 6.54 Å². The van der Waals surface area contributed by atoms with Crippen molar-refractivity contribution in [2.45, 2.75) is 13.5 Å². The second kappa shape index (κ2) is 6.05. The average Bonchev–Trinajstić information content (AvgIpc) is 2.50. The summed E-state index contributed by atoms with van der Waals surface area (Å²) in [5.74, 6) is 0. The Labute approximate surface area is 139 Å². The van der Waals surface area contributed by atoms with Crippen LogP contribution in [0.2, 0.25) is 5.02 Å². The van der Waals surface area contributed by atoms with Gasteiger partial charge in [0.15, 0.2) is 18.9 Å². The van der Waals surface area contributed by atoms with E-state index in [1.165, 1.54) is 6.07 Å². The lowest BCUT2D eigenvalue weighted by atomic mass is 10.1. The molecule has 0 bridgehead atoms. The van der Waals surface area contributed by atoms with Crippen LogP contribution in [-0.4, -0.2) is 14.1 Å². The number of aryl methyl sites for hydroxylation is 1. The Hall–Kier alpha value is -2.33. The van der Waals surface area contributed by atoms with Crippen LogP contribution < -0.4 is 15.1 Å². The number of hydrogen-bond donors (Lipinski definition) is 0. The highest BCUT2D eigenvalue weighted by molar-refractivity contribution is 6.32. The van der Waals surface area contributed by atoms with Crippen LogP contribution in [0.1, 0.15) is 11.1 Å². The van der Waals surface area contributed by atoms with Gasteiger partial charge in [-0.3, -0.25) is 0 Å². The molecule has 1 aromatic carbocycles. The number of anilines is 1. The first kappa shape index (κ1) is 15.6. The van der Waals surface area contributed by atoms with Crippen LogP contribution in [0.3, 0.4) is 0 Å². The molecule has 0 unspecified atom stereocenters. The Morgan fingerprint density at radius 3 is 2.52 bits per heavy atom. The van der Waals surface area contributed by atoms with Crippen LogP contribution in [0.15, 0.2) is 51.9 Å². The summed E-state index contributed by atoms with van der Waals surface area (Å²) in [4.78, 5) is 13.9. The highest BCUT2D eigenvalue weighted by Crippen LogP contribution is 2.25. The van der Waals surface area contributed by atoms with Crippen LogP contribution in [0.25, 0.3) is 11.0 Å². The van der Waals surface area contributed by atoms with Crippen molar-refractivity contribution in [1.82, 2.24) is 0 Å². The van der Waals surface area contributed by atoms with Crippen molar-refractivity contribution < 1.29 is 8.98 Å². The molecular formula is C18H18ClN2O2+. The molecule has 2 aromatic heterocycles. The molecule has 0 N–H and O–H groups in total. The van der Waals surface area contributed by atoms with Gasteiger partial charge in [0.2, 0.25) is 0 Å². The van der Waals surface area contributed by atoms with Crippen molar-refractivity contribution in [1.29, 1.82) is 0 Å². The van der Waals surface area contributed by atoms with Crippen LogP contribution in [0.5, 0.6) is 0 Å². The molecule has 0 amide bonds. The maximum atomic E-state index is 11.8. The number of hydrogen-bond acceptors (Lipinski definition) is 3. The highest BCUT2D eigenvalue weighted by atomic mass is 35.5. The number of pyridine rings is 1. The van der Waals surface area contributed by atoms with Crippen molar-refractivity contribution in [3.63, 3.8) is 0 Å². The van der Waals surface area contributed by atoms with Crippen LogP contribution >= 0.6 is 11.6 Å². The summed E-state index contributed by atoms with van der Waals surface area (Å²) in [5.41, 5.74) is 3.13. The van der Waals surface area contributed by atoms with E-state index in [1.54, 1.807) is 0 Å². The first-order chi connectivity index (χ1) is 10.9. The van der Waals surface area contributed by atoms with Gasteiger partial charge in [-0.1, -0.05) is 11.6 Å². The first-order valence-corrected chi connectivity index (χ1v) is 7.71. The lowest BCUT2D eigenvalue weighted by Gasteiger charge is -2.10. The van der Waals surface area contributed by atoms with E-state index in [1.807, 2.05) is 67.1 Å². The molecule has 0 atom stereocenters. The quantitative estimate of drug-likeness (QED) is 0.547. The molecule has 5 heteroatoms. The standard InChI is InChI=1S/C18H18ClN2O2/c1-12-8-17-15(10-16(12)19)13(9-18(22)23-17)11-21-6-4-14(5-7-21)20(2)3/h4-10H,11H2,1-3H3/q+1. The smallest absolute Gasteiger partial charge is 0.336 e. The second-order valence-electron chi connectivity index (χ2n) is 5.81. The molecule has 0 aliphatic heterocycles. The average molecular weight is 330 g/mol. The molecule has 23 heavy (non-hydrogen) atoms. The van der Waals surface area contributed by atoms with E-state index in [0.29, 0.717) is 17.2 Å². The molecule has 0 aliphatic rings.